The molecule has 0 spiro atoms. The van der Waals surface area contributed by atoms with Crippen LogP contribution in [0.1, 0.15) is 40.0 Å². The zero-order chi connectivity index (χ0) is 11.6. The van der Waals surface area contributed by atoms with Crippen molar-refractivity contribution in [1.82, 2.24) is 10.2 Å². The van der Waals surface area contributed by atoms with Crippen LogP contribution >= 0.6 is 0 Å². The number of rotatable bonds is 3. The van der Waals surface area contributed by atoms with Crippen LogP contribution in [0.2, 0.25) is 0 Å². The normalized spacial score (nSPS) is 34.5. The van der Waals surface area contributed by atoms with Gasteiger partial charge in [-0.25, -0.2) is 0 Å². The van der Waals surface area contributed by atoms with Crippen molar-refractivity contribution in [2.24, 2.45) is 0 Å². The van der Waals surface area contributed by atoms with E-state index >= 15 is 0 Å². The zero-order valence-electron chi connectivity index (χ0n) is 11.0. The maximum absolute atomic E-state index is 5.81. The first-order valence-electron chi connectivity index (χ1n) is 6.73. The van der Waals surface area contributed by atoms with Gasteiger partial charge in [0, 0.05) is 25.2 Å². The van der Waals surface area contributed by atoms with E-state index < -0.39 is 0 Å². The van der Waals surface area contributed by atoms with E-state index in [2.05, 4.69) is 31.0 Å². The van der Waals surface area contributed by atoms with Gasteiger partial charge in [0.2, 0.25) is 0 Å². The van der Waals surface area contributed by atoms with Crippen molar-refractivity contribution in [3.63, 3.8) is 0 Å². The highest BCUT2D eigenvalue weighted by Gasteiger charge is 2.35. The lowest BCUT2D eigenvalue weighted by molar-refractivity contribution is -0.0874. The summed E-state index contributed by atoms with van der Waals surface area (Å²) in [5.41, 5.74) is 0.0718. The third-order valence-corrected chi connectivity index (χ3v) is 4.01. The topological polar surface area (TPSA) is 24.5 Å². The molecule has 2 saturated heterocycles. The maximum Gasteiger partial charge on any atom is 0.0641 e. The van der Waals surface area contributed by atoms with Crippen LogP contribution < -0.4 is 5.32 Å². The van der Waals surface area contributed by atoms with Crippen molar-refractivity contribution >= 4 is 0 Å². The monoisotopic (exact) mass is 226 g/mol. The molecule has 0 amide bonds. The summed E-state index contributed by atoms with van der Waals surface area (Å²) in [4.78, 5) is 2.70. The summed E-state index contributed by atoms with van der Waals surface area (Å²) < 4.78 is 5.81. The van der Waals surface area contributed by atoms with Gasteiger partial charge in [-0.3, -0.25) is 4.90 Å². The molecule has 2 unspecified atom stereocenters. The van der Waals surface area contributed by atoms with Crippen LogP contribution in [0.4, 0.5) is 0 Å². The van der Waals surface area contributed by atoms with Gasteiger partial charge in [0.1, 0.15) is 0 Å². The Morgan fingerprint density at radius 3 is 2.69 bits per heavy atom. The quantitative estimate of drug-likeness (QED) is 0.791. The molecule has 94 valence electrons. The van der Waals surface area contributed by atoms with Gasteiger partial charge in [0.05, 0.1) is 5.60 Å². The maximum atomic E-state index is 5.81. The Labute approximate surface area is 99.5 Å². The molecule has 0 bridgehead atoms. The minimum atomic E-state index is 0.0718. The standard InChI is InChI=1S/C13H26N2O/c1-4-15(12-5-7-14-10-12)11-6-8-16-13(2,3)9-11/h11-12,14H,4-10H2,1-3H3. The number of likely N-dealkylation sites (N-methyl/N-ethyl adjacent to an activating group) is 1. The molecule has 2 heterocycles. The molecule has 16 heavy (non-hydrogen) atoms. The van der Waals surface area contributed by atoms with Crippen molar-refractivity contribution in [2.45, 2.75) is 57.7 Å². The van der Waals surface area contributed by atoms with Crippen molar-refractivity contribution in [2.75, 3.05) is 26.2 Å². The van der Waals surface area contributed by atoms with Crippen molar-refractivity contribution in [3.8, 4) is 0 Å². The Morgan fingerprint density at radius 2 is 2.12 bits per heavy atom. The second-order valence-electron chi connectivity index (χ2n) is 5.73. The first-order valence-corrected chi connectivity index (χ1v) is 6.73. The Hall–Kier alpha value is -0.120. The lowest BCUT2D eigenvalue weighted by Crippen LogP contribution is -2.50. The average Bonchev–Trinajstić information content (AvgIpc) is 2.71. The number of nitrogens with zero attached hydrogens (tertiary/aromatic N) is 1. The summed E-state index contributed by atoms with van der Waals surface area (Å²) >= 11 is 0. The SMILES string of the molecule is CCN(C1CCNC1)C1CCOC(C)(C)C1. The molecule has 0 aromatic heterocycles. The highest BCUT2D eigenvalue weighted by atomic mass is 16.5. The van der Waals surface area contributed by atoms with E-state index in [0.717, 1.165) is 18.7 Å². The second-order valence-corrected chi connectivity index (χ2v) is 5.73. The van der Waals surface area contributed by atoms with Gasteiger partial charge >= 0.3 is 0 Å². The summed E-state index contributed by atoms with van der Waals surface area (Å²) in [5.74, 6) is 0. The van der Waals surface area contributed by atoms with Crippen LogP contribution in [0, 0.1) is 0 Å². The number of hydrogen-bond acceptors (Lipinski definition) is 3. The predicted octanol–water partition coefficient (Wildman–Crippen LogP) is 1.63. The van der Waals surface area contributed by atoms with E-state index in [1.807, 2.05) is 0 Å². The Bertz CT molecular complexity index is 224. The fraction of sp³-hybridized carbons (Fsp3) is 1.00. The molecule has 0 aromatic rings. The van der Waals surface area contributed by atoms with Crippen LogP contribution in [0.5, 0.6) is 0 Å². The molecule has 2 fully saturated rings. The van der Waals surface area contributed by atoms with E-state index in [1.54, 1.807) is 0 Å². The fourth-order valence-corrected chi connectivity index (χ4v) is 3.22. The van der Waals surface area contributed by atoms with E-state index in [4.69, 9.17) is 4.74 Å². The Morgan fingerprint density at radius 1 is 1.31 bits per heavy atom. The van der Waals surface area contributed by atoms with Gasteiger partial charge in [-0.1, -0.05) is 6.92 Å². The molecule has 3 heteroatoms. The van der Waals surface area contributed by atoms with Crippen LogP contribution in [0.25, 0.3) is 0 Å². The molecular formula is C13H26N2O. The number of ether oxygens (including phenoxy) is 1. The van der Waals surface area contributed by atoms with E-state index in [0.29, 0.717) is 0 Å². The van der Waals surface area contributed by atoms with Gasteiger partial charge in [0.25, 0.3) is 0 Å². The Kier molecular flexibility index (Phi) is 3.88. The molecule has 2 aliphatic heterocycles. The molecule has 2 aliphatic rings. The first-order chi connectivity index (χ1) is 7.62. The number of nitrogens with one attached hydrogen (secondary N) is 1. The first kappa shape index (κ1) is 12.3. The fourth-order valence-electron chi connectivity index (χ4n) is 3.22. The summed E-state index contributed by atoms with van der Waals surface area (Å²) in [5, 5.41) is 3.47. The molecule has 0 aromatic carbocycles. The lowest BCUT2D eigenvalue weighted by Gasteiger charge is -2.43. The molecular weight excluding hydrogens is 200 g/mol. The van der Waals surface area contributed by atoms with Crippen molar-refractivity contribution in [1.29, 1.82) is 0 Å². The van der Waals surface area contributed by atoms with Crippen LogP contribution in [-0.4, -0.2) is 48.8 Å². The zero-order valence-corrected chi connectivity index (χ0v) is 11.0. The van der Waals surface area contributed by atoms with E-state index in [-0.39, 0.29) is 5.60 Å². The average molecular weight is 226 g/mol. The largest absolute Gasteiger partial charge is 0.375 e. The van der Waals surface area contributed by atoms with Gasteiger partial charge in [-0.05, 0) is 46.2 Å². The van der Waals surface area contributed by atoms with Crippen molar-refractivity contribution in [3.05, 3.63) is 0 Å². The van der Waals surface area contributed by atoms with Gasteiger partial charge in [0.15, 0.2) is 0 Å². The lowest BCUT2D eigenvalue weighted by atomic mass is 9.92. The third-order valence-electron chi connectivity index (χ3n) is 4.01. The molecule has 2 atom stereocenters. The molecule has 0 saturated carbocycles. The van der Waals surface area contributed by atoms with E-state index in [9.17, 15) is 0 Å². The third kappa shape index (κ3) is 2.76. The minimum Gasteiger partial charge on any atom is -0.375 e. The molecule has 1 N–H and O–H groups in total. The molecule has 0 aliphatic carbocycles. The van der Waals surface area contributed by atoms with Crippen LogP contribution in [-0.2, 0) is 4.74 Å². The summed E-state index contributed by atoms with van der Waals surface area (Å²) in [6, 6.07) is 1.47. The van der Waals surface area contributed by atoms with Gasteiger partial charge in [-0.2, -0.15) is 0 Å². The minimum absolute atomic E-state index is 0.0718. The predicted molar refractivity (Wildman–Crippen MR) is 66.7 cm³/mol. The molecule has 2 rings (SSSR count). The highest BCUT2D eigenvalue weighted by Crippen LogP contribution is 2.29. The van der Waals surface area contributed by atoms with E-state index in [1.165, 1.54) is 38.9 Å². The summed E-state index contributed by atoms with van der Waals surface area (Å²) in [7, 11) is 0. The molecule has 0 radical (unpaired) electrons. The summed E-state index contributed by atoms with van der Waals surface area (Å²) in [6.07, 6.45) is 3.69. The second kappa shape index (κ2) is 5.03. The molecule has 3 nitrogen and oxygen atoms in total. The highest BCUT2D eigenvalue weighted by molar-refractivity contribution is 4.90. The van der Waals surface area contributed by atoms with Crippen LogP contribution in [0.15, 0.2) is 0 Å². The van der Waals surface area contributed by atoms with Crippen molar-refractivity contribution < 1.29 is 4.74 Å². The van der Waals surface area contributed by atoms with Gasteiger partial charge < -0.3 is 10.1 Å². The smallest absolute Gasteiger partial charge is 0.0641 e. The van der Waals surface area contributed by atoms with Gasteiger partial charge in [-0.15, -0.1) is 0 Å². The summed E-state index contributed by atoms with van der Waals surface area (Å²) in [6.45, 7) is 11.2. The Balaban J connectivity index is 1.97. The number of hydrogen-bond donors (Lipinski definition) is 1. The van der Waals surface area contributed by atoms with Crippen LogP contribution in [0.3, 0.4) is 0 Å².